The van der Waals surface area contributed by atoms with Crippen molar-refractivity contribution in [3.63, 3.8) is 0 Å². The molecule has 0 amide bonds. The van der Waals surface area contributed by atoms with Crippen LogP contribution in [0.25, 0.3) is 0 Å². The van der Waals surface area contributed by atoms with Crippen molar-refractivity contribution < 1.29 is 9.84 Å². The van der Waals surface area contributed by atoms with E-state index in [1.807, 2.05) is 0 Å². The van der Waals surface area contributed by atoms with Crippen molar-refractivity contribution in [2.75, 3.05) is 19.8 Å². The van der Waals surface area contributed by atoms with Gasteiger partial charge in [-0.05, 0) is 97.7 Å². The van der Waals surface area contributed by atoms with Crippen molar-refractivity contribution in [2.24, 2.45) is 52.3 Å². The molecule has 4 saturated carbocycles. The zero-order valence-corrected chi connectivity index (χ0v) is 19.1. The van der Waals surface area contributed by atoms with Crippen LogP contribution in [0.5, 0.6) is 0 Å². The molecule has 0 aromatic heterocycles. The van der Waals surface area contributed by atoms with Crippen LogP contribution < -0.4 is 0 Å². The second-order valence-corrected chi connectivity index (χ2v) is 11.9. The first-order valence-electron chi connectivity index (χ1n) is 12.6. The van der Waals surface area contributed by atoms with Crippen molar-refractivity contribution in [3.05, 3.63) is 0 Å². The summed E-state index contributed by atoms with van der Waals surface area (Å²) in [6.07, 6.45) is 14.9. The largest absolute Gasteiger partial charge is 0.396 e. The summed E-state index contributed by atoms with van der Waals surface area (Å²) in [6.45, 7) is 11.7. The molecular formula is C26H46O2. The summed E-state index contributed by atoms with van der Waals surface area (Å²) in [7, 11) is 0. The average molecular weight is 391 g/mol. The summed E-state index contributed by atoms with van der Waals surface area (Å²) in [5.74, 6) is 5.77. The number of fused-ring (bicyclic) bond motifs is 5. The van der Waals surface area contributed by atoms with E-state index in [1.165, 1.54) is 64.2 Å². The fourth-order valence-corrected chi connectivity index (χ4v) is 8.89. The molecule has 0 aromatic carbocycles. The summed E-state index contributed by atoms with van der Waals surface area (Å²) in [6, 6.07) is 0. The average Bonchev–Trinajstić information content (AvgIpc) is 3.04. The minimum Gasteiger partial charge on any atom is -0.396 e. The third-order valence-electron chi connectivity index (χ3n) is 10.4. The van der Waals surface area contributed by atoms with Gasteiger partial charge in [-0.25, -0.2) is 0 Å². The Labute approximate surface area is 174 Å². The molecule has 4 aliphatic carbocycles. The minimum absolute atomic E-state index is 0.237. The Morgan fingerprint density at radius 2 is 1.64 bits per heavy atom. The number of aliphatic hydroxyl groups excluding tert-OH is 1. The van der Waals surface area contributed by atoms with Gasteiger partial charge in [-0.1, -0.05) is 40.5 Å². The second-order valence-electron chi connectivity index (χ2n) is 11.9. The molecule has 0 heterocycles. The van der Waals surface area contributed by atoms with E-state index in [2.05, 4.69) is 27.7 Å². The maximum atomic E-state index is 9.24. The van der Waals surface area contributed by atoms with Crippen molar-refractivity contribution in [3.8, 4) is 0 Å². The Balaban J connectivity index is 1.43. The smallest absolute Gasteiger partial charge is 0.0513 e. The van der Waals surface area contributed by atoms with E-state index in [-0.39, 0.29) is 12.5 Å². The van der Waals surface area contributed by atoms with E-state index in [9.17, 15) is 5.11 Å². The van der Waals surface area contributed by atoms with Gasteiger partial charge >= 0.3 is 0 Å². The van der Waals surface area contributed by atoms with Gasteiger partial charge in [0.1, 0.15) is 0 Å². The van der Waals surface area contributed by atoms with E-state index in [0.717, 1.165) is 36.2 Å². The van der Waals surface area contributed by atoms with Crippen LogP contribution in [0.15, 0.2) is 0 Å². The number of hydrogen-bond donors (Lipinski definition) is 1. The topological polar surface area (TPSA) is 29.5 Å². The van der Waals surface area contributed by atoms with Gasteiger partial charge in [-0.3, -0.25) is 0 Å². The second kappa shape index (κ2) is 8.22. The molecule has 162 valence electrons. The van der Waals surface area contributed by atoms with Crippen LogP contribution in [0.4, 0.5) is 0 Å². The third-order valence-corrected chi connectivity index (χ3v) is 10.4. The van der Waals surface area contributed by atoms with Gasteiger partial charge in [0.05, 0.1) is 6.61 Å². The molecule has 4 aliphatic rings. The van der Waals surface area contributed by atoms with Gasteiger partial charge in [0.25, 0.3) is 0 Å². The first-order chi connectivity index (χ1) is 13.4. The third kappa shape index (κ3) is 3.49. The number of ether oxygens (including phenoxy) is 1. The van der Waals surface area contributed by atoms with E-state index in [4.69, 9.17) is 4.74 Å². The van der Waals surface area contributed by atoms with Crippen molar-refractivity contribution >= 4 is 0 Å². The number of aliphatic hydroxyl groups is 1. The highest BCUT2D eigenvalue weighted by atomic mass is 16.5. The van der Waals surface area contributed by atoms with Crippen LogP contribution >= 0.6 is 0 Å². The lowest BCUT2D eigenvalue weighted by molar-refractivity contribution is -0.116. The van der Waals surface area contributed by atoms with Crippen LogP contribution in [0.3, 0.4) is 0 Å². The molecule has 2 nitrogen and oxygen atoms in total. The fourth-order valence-electron chi connectivity index (χ4n) is 8.89. The maximum Gasteiger partial charge on any atom is 0.0513 e. The number of rotatable bonds is 6. The summed E-state index contributed by atoms with van der Waals surface area (Å²) in [5.41, 5.74) is 1.21. The van der Waals surface area contributed by atoms with Crippen LogP contribution in [0.1, 0.15) is 91.9 Å². The zero-order chi connectivity index (χ0) is 19.9. The molecule has 0 spiro atoms. The first-order valence-corrected chi connectivity index (χ1v) is 12.6. The van der Waals surface area contributed by atoms with Gasteiger partial charge in [0.15, 0.2) is 0 Å². The van der Waals surface area contributed by atoms with E-state index in [1.54, 1.807) is 0 Å². The van der Waals surface area contributed by atoms with Gasteiger partial charge in [-0.15, -0.1) is 0 Å². The van der Waals surface area contributed by atoms with E-state index in [0.29, 0.717) is 23.4 Å². The summed E-state index contributed by atoms with van der Waals surface area (Å²) in [4.78, 5) is 0. The predicted octanol–water partition coefficient (Wildman–Crippen LogP) is 6.32. The molecule has 9 atom stereocenters. The van der Waals surface area contributed by atoms with Crippen molar-refractivity contribution in [1.29, 1.82) is 0 Å². The molecule has 0 saturated heterocycles. The fraction of sp³-hybridized carbons (Fsp3) is 1.00. The zero-order valence-electron chi connectivity index (χ0n) is 19.1. The Morgan fingerprint density at radius 1 is 0.857 bits per heavy atom. The van der Waals surface area contributed by atoms with Crippen LogP contribution in [0.2, 0.25) is 0 Å². The van der Waals surface area contributed by atoms with Gasteiger partial charge < -0.3 is 9.84 Å². The Bertz CT molecular complexity index is 533. The Kier molecular flexibility index (Phi) is 6.21. The Hall–Kier alpha value is -0.0800. The van der Waals surface area contributed by atoms with Crippen molar-refractivity contribution in [1.82, 2.24) is 0 Å². The van der Waals surface area contributed by atoms with Gasteiger partial charge in [0, 0.05) is 19.1 Å². The van der Waals surface area contributed by atoms with E-state index < -0.39 is 0 Å². The molecule has 28 heavy (non-hydrogen) atoms. The van der Waals surface area contributed by atoms with Crippen LogP contribution in [0, 0.1) is 52.3 Å². The standard InChI is InChI=1S/C26H46O2/c1-18(15-27)16-28-17-19(2)22-10-11-23-21-9-8-20-7-5-6-13-25(20,3)24(21)12-14-26(22,23)4/h18-24,27H,5-17H2,1-4H3/t18?,19-,20?,21+,22-,23+,24+,25+,26-/m1/s1. The summed E-state index contributed by atoms with van der Waals surface area (Å²) < 4.78 is 6.02. The Morgan fingerprint density at radius 3 is 2.43 bits per heavy atom. The SMILES string of the molecule is CC(CO)COC[C@@H](C)[C@H]1CC[C@H]2[C@@H]3CCC4CCCC[C@]4(C)[C@H]3CC[C@]12C. The van der Waals surface area contributed by atoms with Gasteiger partial charge in [-0.2, -0.15) is 0 Å². The van der Waals surface area contributed by atoms with Crippen LogP contribution in [-0.2, 0) is 4.74 Å². The van der Waals surface area contributed by atoms with Crippen molar-refractivity contribution in [2.45, 2.75) is 91.9 Å². The molecule has 0 aliphatic heterocycles. The lowest BCUT2D eigenvalue weighted by Crippen LogP contribution is -2.53. The molecular weight excluding hydrogens is 344 g/mol. The van der Waals surface area contributed by atoms with E-state index >= 15 is 0 Å². The summed E-state index contributed by atoms with van der Waals surface area (Å²) >= 11 is 0. The highest BCUT2D eigenvalue weighted by Crippen LogP contribution is 2.68. The quantitative estimate of drug-likeness (QED) is 0.575. The molecule has 2 heteroatoms. The molecule has 0 bridgehead atoms. The number of hydrogen-bond acceptors (Lipinski definition) is 2. The molecule has 0 radical (unpaired) electrons. The maximum absolute atomic E-state index is 9.24. The molecule has 4 fully saturated rings. The summed E-state index contributed by atoms with van der Waals surface area (Å²) in [5, 5.41) is 9.24. The normalized spacial score (nSPS) is 47.7. The highest BCUT2D eigenvalue weighted by Gasteiger charge is 2.60. The molecule has 4 rings (SSSR count). The monoisotopic (exact) mass is 390 g/mol. The highest BCUT2D eigenvalue weighted by molar-refractivity contribution is 5.09. The lowest BCUT2D eigenvalue weighted by atomic mass is 9.44. The minimum atomic E-state index is 0.237. The first kappa shape index (κ1) is 21.2. The van der Waals surface area contributed by atoms with Gasteiger partial charge in [0.2, 0.25) is 0 Å². The van der Waals surface area contributed by atoms with Crippen LogP contribution in [-0.4, -0.2) is 24.9 Å². The molecule has 1 N–H and O–H groups in total. The molecule has 2 unspecified atom stereocenters. The predicted molar refractivity (Wildman–Crippen MR) is 116 cm³/mol. The molecule has 0 aromatic rings. The lowest BCUT2D eigenvalue weighted by Gasteiger charge is -2.60.